The molecule has 0 bridgehead atoms. The van der Waals surface area contributed by atoms with Gasteiger partial charge < -0.3 is 5.32 Å². The fourth-order valence-electron chi connectivity index (χ4n) is 2.99. The second-order valence-corrected chi connectivity index (χ2v) is 5.57. The van der Waals surface area contributed by atoms with Crippen LogP contribution in [0, 0.1) is 17.8 Å². The summed E-state index contributed by atoms with van der Waals surface area (Å²) in [5.41, 5.74) is 0. The normalized spacial score (nSPS) is 34.0. The predicted molar refractivity (Wildman–Crippen MR) is 68.0 cm³/mol. The van der Waals surface area contributed by atoms with Gasteiger partial charge in [0.1, 0.15) is 0 Å². The number of hydrogen-bond acceptors (Lipinski definition) is 1. The highest BCUT2D eigenvalue weighted by Crippen LogP contribution is 2.35. The first-order valence-electron chi connectivity index (χ1n) is 6.86. The lowest BCUT2D eigenvalue weighted by Crippen LogP contribution is -2.37. The zero-order chi connectivity index (χ0) is 11.3. The third-order valence-electron chi connectivity index (χ3n) is 4.45. The summed E-state index contributed by atoms with van der Waals surface area (Å²) in [7, 11) is 2.14. The summed E-state index contributed by atoms with van der Waals surface area (Å²) >= 11 is 0. The molecule has 4 unspecified atom stereocenters. The lowest BCUT2D eigenvalue weighted by Gasteiger charge is -2.36. The highest BCUT2D eigenvalue weighted by Gasteiger charge is 2.28. The van der Waals surface area contributed by atoms with Crippen molar-refractivity contribution in [3.05, 3.63) is 0 Å². The standard InChI is InChI=1S/C14H29N/c1-5-6-7-14(15-4)13-9-8-11(2)12(3)10-13/h11-15H,5-10H2,1-4H3. The molecule has 0 amide bonds. The van der Waals surface area contributed by atoms with Gasteiger partial charge in [0.05, 0.1) is 0 Å². The van der Waals surface area contributed by atoms with Crippen molar-refractivity contribution in [3.63, 3.8) is 0 Å². The maximum atomic E-state index is 3.54. The van der Waals surface area contributed by atoms with Gasteiger partial charge in [0, 0.05) is 6.04 Å². The van der Waals surface area contributed by atoms with E-state index in [9.17, 15) is 0 Å². The second-order valence-electron chi connectivity index (χ2n) is 5.57. The van der Waals surface area contributed by atoms with Crippen LogP contribution in [0.2, 0.25) is 0 Å². The minimum Gasteiger partial charge on any atom is -0.317 e. The Labute approximate surface area is 96.0 Å². The highest BCUT2D eigenvalue weighted by atomic mass is 14.9. The lowest BCUT2D eigenvalue weighted by atomic mass is 9.72. The molecule has 1 heteroatoms. The average Bonchev–Trinajstić information content (AvgIpc) is 2.24. The van der Waals surface area contributed by atoms with Crippen molar-refractivity contribution >= 4 is 0 Å². The quantitative estimate of drug-likeness (QED) is 0.728. The van der Waals surface area contributed by atoms with Gasteiger partial charge in [0.2, 0.25) is 0 Å². The third-order valence-corrected chi connectivity index (χ3v) is 4.45. The van der Waals surface area contributed by atoms with Crippen LogP contribution in [-0.4, -0.2) is 13.1 Å². The summed E-state index contributed by atoms with van der Waals surface area (Å²) in [6, 6.07) is 0.778. The van der Waals surface area contributed by atoms with Crippen molar-refractivity contribution in [1.29, 1.82) is 0 Å². The Bertz CT molecular complexity index is 167. The first-order chi connectivity index (χ1) is 7.19. The van der Waals surface area contributed by atoms with Crippen LogP contribution in [0.5, 0.6) is 0 Å². The molecule has 15 heavy (non-hydrogen) atoms. The summed E-state index contributed by atoms with van der Waals surface area (Å²) in [6.45, 7) is 7.14. The van der Waals surface area contributed by atoms with E-state index in [1.165, 1.54) is 38.5 Å². The number of hydrogen-bond donors (Lipinski definition) is 1. The molecule has 0 saturated heterocycles. The Morgan fingerprint density at radius 3 is 2.47 bits per heavy atom. The summed E-state index contributed by atoms with van der Waals surface area (Å²) in [5, 5.41) is 3.54. The Balaban J connectivity index is 2.39. The van der Waals surface area contributed by atoms with E-state index in [-0.39, 0.29) is 0 Å². The van der Waals surface area contributed by atoms with Gasteiger partial charge in [0.15, 0.2) is 0 Å². The van der Waals surface area contributed by atoms with Crippen molar-refractivity contribution in [2.45, 2.75) is 65.3 Å². The number of rotatable bonds is 5. The van der Waals surface area contributed by atoms with Gasteiger partial charge >= 0.3 is 0 Å². The summed E-state index contributed by atoms with van der Waals surface area (Å²) in [4.78, 5) is 0. The SMILES string of the molecule is CCCCC(NC)C1CCC(C)C(C)C1. The topological polar surface area (TPSA) is 12.0 Å². The van der Waals surface area contributed by atoms with E-state index < -0.39 is 0 Å². The van der Waals surface area contributed by atoms with Crippen LogP contribution >= 0.6 is 0 Å². The molecule has 1 rings (SSSR count). The van der Waals surface area contributed by atoms with Crippen LogP contribution in [0.25, 0.3) is 0 Å². The van der Waals surface area contributed by atoms with Gasteiger partial charge in [0.25, 0.3) is 0 Å². The molecule has 4 atom stereocenters. The van der Waals surface area contributed by atoms with E-state index in [4.69, 9.17) is 0 Å². The van der Waals surface area contributed by atoms with Crippen LogP contribution in [0.3, 0.4) is 0 Å². The summed E-state index contributed by atoms with van der Waals surface area (Å²) in [6.07, 6.45) is 8.41. The fraction of sp³-hybridized carbons (Fsp3) is 1.00. The van der Waals surface area contributed by atoms with Crippen LogP contribution in [-0.2, 0) is 0 Å². The molecule has 0 aromatic heterocycles. The molecule has 0 radical (unpaired) electrons. The van der Waals surface area contributed by atoms with Gasteiger partial charge in [-0.15, -0.1) is 0 Å². The van der Waals surface area contributed by atoms with Gasteiger partial charge in [-0.2, -0.15) is 0 Å². The van der Waals surface area contributed by atoms with Crippen LogP contribution in [0.1, 0.15) is 59.3 Å². The van der Waals surface area contributed by atoms with Crippen molar-refractivity contribution in [2.24, 2.45) is 17.8 Å². The van der Waals surface area contributed by atoms with Gasteiger partial charge in [-0.3, -0.25) is 0 Å². The maximum Gasteiger partial charge on any atom is 0.00924 e. The molecule has 1 N–H and O–H groups in total. The number of nitrogens with one attached hydrogen (secondary N) is 1. The monoisotopic (exact) mass is 211 g/mol. The molecule has 1 aliphatic carbocycles. The number of unbranched alkanes of at least 4 members (excludes halogenated alkanes) is 1. The molecule has 1 saturated carbocycles. The van der Waals surface area contributed by atoms with Crippen molar-refractivity contribution < 1.29 is 0 Å². The average molecular weight is 211 g/mol. The smallest absolute Gasteiger partial charge is 0.00924 e. The lowest BCUT2D eigenvalue weighted by molar-refractivity contribution is 0.169. The maximum absolute atomic E-state index is 3.54. The third kappa shape index (κ3) is 3.79. The Kier molecular flexibility index (Phi) is 5.66. The predicted octanol–water partition coefficient (Wildman–Crippen LogP) is 3.84. The minimum absolute atomic E-state index is 0.778. The minimum atomic E-state index is 0.778. The van der Waals surface area contributed by atoms with E-state index in [2.05, 4.69) is 33.1 Å². The Hall–Kier alpha value is -0.0400. The summed E-state index contributed by atoms with van der Waals surface area (Å²) in [5.74, 6) is 2.82. The van der Waals surface area contributed by atoms with E-state index in [1.54, 1.807) is 0 Å². The van der Waals surface area contributed by atoms with E-state index in [1.807, 2.05) is 0 Å². The van der Waals surface area contributed by atoms with Crippen LogP contribution in [0.4, 0.5) is 0 Å². The molecule has 0 aliphatic heterocycles. The van der Waals surface area contributed by atoms with Crippen molar-refractivity contribution in [2.75, 3.05) is 7.05 Å². The molecule has 0 aromatic carbocycles. The Morgan fingerprint density at radius 2 is 1.93 bits per heavy atom. The largest absolute Gasteiger partial charge is 0.317 e. The summed E-state index contributed by atoms with van der Waals surface area (Å²) < 4.78 is 0. The zero-order valence-corrected chi connectivity index (χ0v) is 11.1. The fourth-order valence-corrected chi connectivity index (χ4v) is 2.99. The molecule has 1 nitrogen and oxygen atoms in total. The van der Waals surface area contributed by atoms with Gasteiger partial charge in [-0.1, -0.05) is 40.0 Å². The molecule has 0 heterocycles. The van der Waals surface area contributed by atoms with Crippen molar-refractivity contribution in [1.82, 2.24) is 5.32 Å². The van der Waals surface area contributed by atoms with E-state index >= 15 is 0 Å². The van der Waals surface area contributed by atoms with Gasteiger partial charge in [-0.25, -0.2) is 0 Å². The van der Waals surface area contributed by atoms with Gasteiger partial charge in [-0.05, 0) is 44.1 Å². The van der Waals surface area contributed by atoms with E-state index in [0.29, 0.717) is 0 Å². The molecule has 1 fully saturated rings. The zero-order valence-electron chi connectivity index (χ0n) is 11.1. The van der Waals surface area contributed by atoms with E-state index in [0.717, 1.165) is 23.8 Å². The molecular weight excluding hydrogens is 182 g/mol. The highest BCUT2D eigenvalue weighted by molar-refractivity contribution is 4.83. The first kappa shape index (κ1) is 13.0. The molecule has 90 valence electrons. The first-order valence-corrected chi connectivity index (χ1v) is 6.86. The Morgan fingerprint density at radius 1 is 1.20 bits per heavy atom. The van der Waals surface area contributed by atoms with Crippen molar-refractivity contribution in [3.8, 4) is 0 Å². The molecule has 0 aromatic rings. The van der Waals surface area contributed by atoms with Crippen LogP contribution < -0.4 is 5.32 Å². The molecule has 1 aliphatic rings. The van der Waals surface area contributed by atoms with Crippen LogP contribution in [0.15, 0.2) is 0 Å². The molecule has 0 spiro atoms. The molecular formula is C14H29N. The second kappa shape index (κ2) is 6.52.